The van der Waals surface area contributed by atoms with E-state index in [0.29, 0.717) is 34.2 Å². The van der Waals surface area contributed by atoms with Crippen LogP contribution in [0.5, 0.6) is 0 Å². The predicted octanol–water partition coefficient (Wildman–Crippen LogP) is 6.51. The van der Waals surface area contributed by atoms with Crippen LogP contribution in [0.25, 0.3) is 0 Å². The number of aryl methyl sites for hydroxylation is 1. The molecule has 2 aromatic carbocycles. The molecule has 0 unspecified atom stereocenters. The second-order valence-electron chi connectivity index (χ2n) is 7.88. The van der Waals surface area contributed by atoms with Gasteiger partial charge in [0, 0.05) is 45.3 Å². The monoisotopic (exact) mass is 494 g/mol. The van der Waals surface area contributed by atoms with E-state index < -0.39 is 6.04 Å². The van der Waals surface area contributed by atoms with Crippen LogP contribution in [-0.2, 0) is 16.1 Å². The summed E-state index contributed by atoms with van der Waals surface area (Å²) < 4.78 is 0. The van der Waals surface area contributed by atoms with Crippen LogP contribution in [-0.4, -0.2) is 34.6 Å². The van der Waals surface area contributed by atoms with Gasteiger partial charge >= 0.3 is 0 Å². The molecular formula is C25H32Cl2N2O2S. The van der Waals surface area contributed by atoms with Gasteiger partial charge in [-0.3, -0.25) is 9.59 Å². The standard InChI is InChI=1S/C25H32Cl2N2O2S/c1-5-18(4)28-25(31)23(6-2)29(16-20-21(26)8-7-9-22(20)27)24(30)14-15-32-19-12-10-17(3)11-13-19/h7-13,18,23H,5-6,14-16H2,1-4H3,(H,28,31)/t18-,23-/m0/s1. The van der Waals surface area contributed by atoms with Crippen molar-refractivity contribution < 1.29 is 9.59 Å². The van der Waals surface area contributed by atoms with Gasteiger partial charge in [0.2, 0.25) is 11.8 Å². The zero-order valence-corrected chi connectivity index (χ0v) is 21.5. The van der Waals surface area contributed by atoms with Crippen molar-refractivity contribution in [3.63, 3.8) is 0 Å². The quantitative estimate of drug-likeness (QED) is 0.362. The molecule has 4 nitrogen and oxygen atoms in total. The van der Waals surface area contributed by atoms with Gasteiger partial charge in [-0.1, -0.05) is 60.8 Å². The summed E-state index contributed by atoms with van der Waals surface area (Å²) in [6, 6.07) is 12.9. The molecule has 0 aliphatic heterocycles. The van der Waals surface area contributed by atoms with Crippen molar-refractivity contribution in [2.24, 2.45) is 0 Å². The number of carbonyl (C=O) groups excluding carboxylic acids is 2. The molecule has 0 bridgehead atoms. The number of benzene rings is 2. The van der Waals surface area contributed by atoms with Gasteiger partial charge in [-0.2, -0.15) is 0 Å². The van der Waals surface area contributed by atoms with Crippen LogP contribution in [0.15, 0.2) is 47.4 Å². The van der Waals surface area contributed by atoms with E-state index in [-0.39, 0.29) is 24.4 Å². The Morgan fingerprint density at radius 3 is 2.22 bits per heavy atom. The first-order valence-electron chi connectivity index (χ1n) is 11.0. The van der Waals surface area contributed by atoms with Crippen LogP contribution in [0, 0.1) is 6.92 Å². The van der Waals surface area contributed by atoms with Crippen LogP contribution in [0.3, 0.4) is 0 Å². The lowest BCUT2D eigenvalue weighted by atomic mass is 10.1. The van der Waals surface area contributed by atoms with Crippen molar-refractivity contribution >= 4 is 46.8 Å². The normalized spacial score (nSPS) is 12.8. The number of rotatable bonds is 11. The Morgan fingerprint density at radius 1 is 1.03 bits per heavy atom. The van der Waals surface area contributed by atoms with E-state index in [2.05, 4.69) is 29.6 Å². The lowest BCUT2D eigenvalue weighted by Crippen LogP contribution is -2.50. The maximum Gasteiger partial charge on any atom is 0.243 e. The summed E-state index contributed by atoms with van der Waals surface area (Å²) in [5.74, 6) is 0.384. The van der Waals surface area contributed by atoms with Crippen molar-refractivity contribution in [3.8, 4) is 0 Å². The Balaban J connectivity index is 2.20. The summed E-state index contributed by atoms with van der Waals surface area (Å²) in [5.41, 5.74) is 1.86. The van der Waals surface area contributed by atoms with Crippen LogP contribution in [0.1, 0.15) is 51.2 Å². The SMILES string of the molecule is CC[C@H](C)NC(=O)[C@H](CC)N(Cc1c(Cl)cccc1Cl)C(=O)CCSc1ccc(C)cc1. The smallest absolute Gasteiger partial charge is 0.243 e. The van der Waals surface area contributed by atoms with E-state index in [1.54, 1.807) is 34.9 Å². The Labute approximate surface area is 206 Å². The largest absolute Gasteiger partial charge is 0.352 e. The lowest BCUT2D eigenvalue weighted by Gasteiger charge is -2.32. The molecule has 0 heterocycles. The highest BCUT2D eigenvalue weighted by Gasteiger charge is 2.30. The van der Waals surface area contributed by atoms with E-state index in [9.17, 15) is 9.59 Å². The molecule has 2 amide bonds. The van der Waals surface area contributed by atoms with Crippen LogP contribution in [0.4, 0.5) is 0 Å². The molecule has 0 aromatic heterocycles. The average Bonchev–Trinajstić information content (AvgIpc) is 2.76. The molecule has 1 N–H and O–H groups in total. The number of carbonyl (C=O) groups is 2. The van der Waals surface area contributed by atoms with Crippen molar-refractivity contribution in [1.29, 1.82) is 0 Å². The molecule has 7 heteroatoms. The number of halogens is 2. The van der Waals surface area contributed by atoms with Gasteiger partial charge in [0.15, 0.2) is 0 Å². The average molecular weight is 496 g/mol. The maximum atomic E-state index is 13.3. The number of nitrogens with one attached hydrogen (secondary N) is 1. The minimum atomic E-state index is -0.590. The molecule has 0 radical (unpaired) electrons. The third-order valence-electron chi connectivity index (χ3n) is 5.38. The molecule has 0 saturated heterocycles. The first kappa shape index (κ1) is 26.6. The predicted molar refractivity (Wildman–Crippen MR) is 136 cm³/mol. The second-order valence-corrected chi connectivity index (χ2v) is 9.86. The second kappa shape index (κ2) is 13.1. The van der Waals surface area contributed by atoms with E-state index >= 15 is 0 Å². The van der Waals surface area contributed by atoms with E-state index in [0.717, 1.165) is 11.3 Å². The third-order valence-corrected chi connectivity index (χ3v) is 7.10. The van der Waals surface area contributed by atoms with Crippen molar-refractivity contribution in [3.05, 3.63) is 63.6 Å². The van der Waals surface area contributed by atoms with E-state index in [4.69, 9.17) is 23.2 Å². The van der Waals surface area contributed by atoms with Crippen LogP contribution < -0.4 is 5.32 Å². The fraction of sp³-hybridized carbons (Fsp3) is 0.440. The molecule has 0 spiro atoms. The molecule has 174 valence electrons. The van der Waals surface area contributed by atoms with Gasteiger partial charge in [-0.25, -0.2) is 0 Å². The summed E-state index contributed by atoms with van der Waals surface area (Å²) in [4.78, 5) is 29.1. The topological polar surface area (TPSA) is 49.4 Å². The first-order chi connectivity index (χ1) is 15.3. The summed E-state index contributed by atoms with van der Waals surface area (Å²) in [7, 11) is 0. The fourth-order valence-electron chi connectivity index (χ4n) is 3.25. The number of thioether (sulfide) groups is 1. The van der Waals surface area contributed by atoms with Crippen molar-refractivity contribution in [1.82, 2.24) is 10.2 Å². The zero-order valence-electron chi connectivity index (χ0n) is 19.2. The molecule has 2 atom stereocenters. The van der Waals surface area contributed by atoms with Gasteiger partial charge in [0.1, 0.15) is 6.04 Å². The lowest BCUT2D eigenvalue weighted by molar-refractivity contribution is -0.141. The number of amides is 2. The number of hydrogen-bond donors (Lipinski definition) is 1. The molecule has 0 fully saturated rings. The Morgan fingerprint density at radius 2 is 1.66 bits per heavy atom. The zero-order chi connectivity index (χ0) is 23.7. The minimum absolute atomic E-state index is 0.0366. The summed E-state index contributed by atoms with van der Waals surface area (Å²) >= 11 is 14.4. The van der Waals surface area contributed by atoms with Gasteiger partial charge in [0.25, 0.3) is 0 Å². The molecule has 0 aliphatic rings. The van der Waals surface area contributed by atoms with Crippen LogP contribution in [0.2, 0.25) is 10.0 Å². The molecule has 2 aromatic rings. The Bertz CT molecular complexity index is 885. The maximum absolute atomic E-state index is 13.3. The summed E-state index contributed by atoms with van der Waals surface area (Å²) in [5, 5.41) is 3.99. The molecule has 0 saturated carbocycles. The Hall–Kier alpha value is -1.69. The molecular weight excluding hydrogens is 463 g/mol. The molecule has 0 aliphatic carbocycles. The third kappa shape index (κ3) is 7.72. The van der Waals surface area contributed by atoms with Crippen LogP contribution >= 0.6 is 35.0 Å². The highest BCUT2D eigenvalue weighted by Crippen LogP contribution is 2.28. The number of nitrogens with zero attached hydrogens (tertiary/aromatic N) is 1. The summed E-state index contributed by atoms with van der Waals surface area (Å²) in [6.07, 6.45) is 1.63. The summed E-state index contributed by atoms with van der Waals surface area (Å²) in [6.45, 7) is 8.13. The molecule has 32 heavy (non-hydrogen) atoms. The Kier molecular flexibility index (Phi) is 10.9. The van der Waals surface area contributed by atoms with Gasteiger partial charge in [0.05, 0.1) is 0 Å². The fourth-order valence-corrected chi connectivity index (χ4v) is 4.61. The van der Waals surface area contributed by atoms with Gasteiger partial charge < -0.3 is 10.2 Å². The van der Waals surface area contributed by atoms with E-state index in [1.165, 1.54) is 5.56 Å². The highest BCUT2D eigenvalue weighted by atomic mass is 35.5. The highest BCUT2D eigenvalue weighted by molar-refractivity contribution is 7.99. The van der Waals surface area contributed by atoms with E-state index in [1.807, 2.05) is 27.7 Å². The molecule has 2 rings (SSSR count). The minimum Gasteiger partial charge on any atom is -0.352 e. The van der Waals surface area contributed by atoms with Gasteiger partial charge in [-0.15, -0.1) is 11.8 Å². The first-order valence-corrected chi connectivity index (χ1v) is 12.7. The van der Waals surface area contributed by atoms with Crippen molar-refractivity contribution in [2.45, 2.75) is 70.5 Å². The van der Waals surface area contributed by atoms with Crippen molar-refractivity contribution in [2.75, 3.05) is 5.75 Å². The van der Waals surface area contributed by atoms with Gasteiger partial charge in [-0.05, 0) is 51.0 Å². The number of hydrogen-bond acceptors (Lipinski definition) is 3.